The summed E-state index contributed by atoms with van der Waals surface area (Å²) in [5.74, 6) is -6.58. The molecule has 7 N–H and O–H groups in total. The van der Waals surface area contributed by atoms with Crippen molar-refractivity contribution in [3.63, 3.8) is 0 Å². The Hall–Kier alpha value is -3.01. The highest BCUT2D eigenvalue weighted by atomic mass is 16.3. The maximum atomic E-state index is 13.5. The van der Waals surface area contributed by atoms with Gasteiger partial charge in [-0.05, 0) is 41.9 Å². The van der Waals surface area contributed by atoms with E-state index in [1.807, 2.05) is 0 Å². The minimum Gasteiger partial charge on any atom is -0.507 e. The fourth-order valence-electron chi connectivity index (χ4n) is 5.58. The van der Waals surface area contributed by atoms with Crippen molar-refractivity contribution in [2.75, 3.05) is 0 Å². The van der Waals surface area contributed by atoms with E-state index in [0.29, 0.717) is 12.0 Å². The van der Waals surface area contributed by atoms with Crippen molar-refractivity contribution in [3.8, 4) is 5.75 Å². The number of amides is 1. The van der Waals surface area contributed by atoms with Crippen molar-refractivity contribution in [2.45, 2.75) is 64.3 Å². The molecule has 9 heteroatoms. The predicted octanol–water partition coefficient (Wildman–Crippen LogP) is 1.37. The molecule has 0 spiro atoms. The molecule has 4 rings (SSSR count). The van der Waals surface area contributed by atoms with Crippen molar-refractivity contribution >= 4 is 23.2 Å². The number of primary amides is 1. The van der Waals surface area contributed by atoms with Gasteiger partial charge in [0.1, 0.15) is 11.5 Å². The van der Waals surface area contributed by atoms with E-state index in [4.69, 9.17) is 5.73 Å². The number of aliphatic hydroxyl groups is 4. The summed E-state index contributed by atoms with van der Waals surface area (Å²) in [7, 11) is 0. The molecule has 1 aromatic carbocycles. The van der Waals surface area contributed by atoms with Gasteiger partial charge in [-0.1, -0.05) is 32.9 Å². The number of phenolic OH excluding ortho intramolecular Hbond substituents is 1. The summed E-state index contributed by atoms with van der Waals surface area (Å²) in [5.41, 5.74) is 2.30. The van der Waals surface area contributed by atoms with Crippen LogP contribution in [-0.4, -0.2) is 54.7 Å². The van der Waals surface area contributed by atoms with Crippen LogP contribution in [0.25, 0.3) is 5.76 Å². The number of carbonyl (C=O) groups excluding carboxylic acids is 3. The second kappa shape index (κ2) is 8.29. The number of aryl methyl sites for hydroxylation is 1. The van der Waals surface area contributed by atoms with Crippen LogP contribution in [0.2, 0.25) is 0 Å². The maximum Gasteiger partial charge on any atom is 0.252 e. The number of hydrogen-bond acceptors (Lipinski definition) is 8. The summed E-state index contributed by atoms with van der Waals surface area (Å²) in [6, 6.07) is 3.17. The lowest BCUT2D eigenvalue weighted by Gasteiger charge is -2.49. The number of phenols is 1. The molecular formula is C26H31NO8. The third-order valence-electron chi connectivity index (χ3n) is 7.44. The summed E-state index contributed by atoms with van der Waals surface area (Å²) < 4.78 is 0. The van der Waals surface area contributed by atoms with Crippen molar-refractivity contribution in [1.82, 2.24) is 0 Å². The third-order valence-corrected chi connectivity index (χ3v) is 7.44. The summed E-state index contributed by atoms with van der Waals surface area (Å²) in [5, 5.41) is 55.6. The molecule has 3 aliphatic rings. The summed E-state index contributed by atoms with van der Waals surface area (Å²) in [4.78, 5) is 37.5. The lowest BCUT2D eigenvalue weighted by Crippen LogP contribution is -2.61. The highest BCUT2D eigenvalue weighted by Gasteiger charge is 2.61. The number of aromatic hydroxyl groups is 1. The highest BCUT2D eigenvalue weighted by molar-refractivity contribution is 6.22. The van der Waals surface area contributed by atoms with E-state index >= 15 is 0 Å². The Kier molecular flexibility index (Phi) is 5.94. The van der Waals surface area contributed by atoms with Crippen molar-refractivity contribution in [3.05, 3.63) is 46.0 Å². The Bertz CT molecular complexity index is 1190. The van der Waals surface area contributed by atoms with Gasteiger partial charge < -0.3 is 31.3 Å². The van der Waals surface area contributed by atoms with Crippen molar-refractivity contribution in [2.24, 2.45) is 23.0 Å². The van der Waals surface area contributed by atoms with Gasteiger partial charge in [-0.3, -0.25) is 14.4 Å². The van der Waals surface area contributed by atoms with Crippen LogP contribution in [-0.2, 0) is 20.8 Å². The number of Topliss-reactive ketones (excluding diaryl/α,β-unsaturated/α-hetero) is 2. The number of carbonyl (C=O) groups is 3. The molecule has 0 saturated heterocycles. The molecule has 0 aromatic heterocycles. The van der Waals surface area contributed by atoms with Crippen LogP contribution >= 0.6 is 0 Å². The lowest BCUT2D eigenvalue weighted by molar-refractivity contribution is -0.157. The third kappa shape index (κ3) is 3.87. The fraction of sp³-hybridized carbons (Fsp3) is 0.500. The maximum absolute atomic E-state index is 13.5. The Morgan fingerprint density at radius 1 is 1.17 bits per heavy atom. The van der Waals surface area contributed by atoms with Crippen molar-refractivity contribution in [1.29, 1.82) is 0 Å². The van der Waals surface area contributed by atoms with Gasteiger partial charge >= 0.3 is 0 Å². The molecule has 1 fully saturated rings. The molecule has 1 amide bonds. The molecule has 0 aliphatic heterocycles. The zero-order valence-electron chi connectivity index (χ0n) is 19.9. The van der Waals surface area contributed by atoms with Crippen molar-refractivity contribution < 1.29 is 39.9 Å². The molecule has 9 nitrogen and oxygen atoms in total. The summed E-state index contributed by atoms with van der Waals surface area (Å²) in [6.45, 7) is 6.30. The van der Waals surface area contributed by atoms with E-state index in [0.717, 1.165) is 18.9 Å². The standard InChI is InChI=1S/C26H31NO8/c1-25(2,3)8-4-5-11-6-7-12-16(19(11)29)22(32)18-17(20(12)30)21(31)14-9-15(28)13(24(27)34)10-26(14,35)23(18)33/h6-7,10,14,17,20-21,29-32,35H,4-5,8-9H2,1-3H3,(H2,27,34)/t14-,17+,20+,21-,26+/m1/s1. The van der Waals surface area contributed by atoms with Gasteiger partial charge in [0.05, 0.1) is 23.3 Å². The molecule has 0 bridgehead atoms. The van der Waals surface area contributed by atoms with Crippen LogP contribution in [0.1, 0.15) is 62.8 Å². The van der Waals surface area contributed by atoms with Crippen LogP contribution in [0.3, 0.4) is 0 Å². The lowest BCUT2D eigenvalue weighted by atomic mass is 9.58. The number of nitrogens with two attached hydrogens (primary N) is 1. The van der Waals surface area contributed by atoms with Gasteiger partial charge in [0.15, 0.2) is 17.2 Å². The average Bonchev–Trinajstić information content (AvgIpc) is 2.75. The molecule has 1 aromatic rings. The second-order valence-corrected chi connectivity index (χ2v) is 11.0. The zero-order valence-corrected chi connectivity index (χ0v) is 19.9. The van der Waals surface area contributed by atoms with E-state index in [1.165, 1.54) is 6.07 Å². The molecule has 0 unspecified atom stereocenters. The van der Waals surface area contributed by atoms with Gasteiger partial charge in [0.2, 0.25) is 0 Å². The number of rotatable bonds is 4. The summed E-state index contributed by atoms with van der Waals surface area (Å²) in [6.07, 6.45) is -0.779. The second-order valence-electron chi connectivity index (χ2n) is 11.0. The zero-order chi connectivity index (χ0) is 26.0. The smallest absolute Gasteiger partial charge is 0.252 e. The van der Waals surface area contributed by atoms with Gasteiger partial charge in [-0.2, -0.15) is 0 Å². The first kappa shape index (κ1) is 25.1. The van der Waals surface area contributed by atoms with Gasteiger partial charge in [0.25, 0.3) is 5.91 Å². The first-order valence-electron chi connectivity index (χ1n) is 11.7. The average molecular weight is 486 g/mol. The molecule has 3 aliphatic carbocycles. The molecular weight excluding hydrogens is 454 g/mol. The number of hydrogen-bond donors (Lipinski definition) is 6. The van der Waals surface area contributed by atoms with Crippen LogP contribution in [0.15, 0.2) is 29.4 Å². The van der Waals surface area contributed by atoms with Crippen LogP contribution in [0.4, 0.5) is 0 Å². The van der Waals surface area contributed by atoms with E-state index in [9.17, 15) is 39.9 Å². The summed E-state index contributed by atoms with van der Waals surface area (Å²) >= 11 is 0. The van der Waals surface area contributed by atoms with E-state index in [1.54, 1.807) is 6.07 Å². The SMILES string of the molecule is CC(C)(C)CCCc1ccc2c(c1O)C(O)=C1C(=O)[C@]3(O)C=C(C(N)=O)C(=O)C[C@@H]3[C@@H](O)[C@@H]1[C@H]2O. The van der Waals surface area contributed by atoms with Gasteiger partial charge in [-0.15, -0.1) is 0 Å². The number of benzene rings is 1. The monoisotopic (exact) mass is 485 g/mol. The highest BCUT2D eigenvalue weighted by Crippen LogP contribution is 2.54. The Labute approximate surface area is 202 Å². The minimum atomic E-state index is -2.49. The molecule has 188 valence electrons. The predicted molar refractivity (Wildman–Crippen MR) is 125 cm³/mol. The van der Waals surface area contributed by atoms with E-state index in [2.05, 4.69) is 20.8 Å². The first-order chi connectivity index (χ1) is 16.2. The van der Waals surface area contributed by atoms with Gasteiger partial charge in [-0.25, -0.2) is 0 Å². The van der Waals surface area contributed by atoms with Crippen LogP contribution < -0.4 is 5.73 Å². The largest absolute Gasteiger partial charge is 0.507 e. The molecule has 5 atom stereocenters. The topological polar surface area (TPSA) is 178 Å². The Balaban J connectivity index is 1.83. The van der Waals surface area contributed by atoms with E-state index < -0.39 is 70.4 Å². The normalized spacial score (nSPS) is 30.4. The first-order valence-corrected chi connectivity index (χ1v) is 11.7. The molecule has 0 radical (unpaired) electrons. The molecule has 0 heterocycles. The van der Waals surface area contributed by atoms with Crippen LogP contribution in [0.5, 0.6) is 5.75 Å². The quantitative estimate of drug-likeness (QED) is 0.346. The Morgan fingerprint density at radius 3 is 2.43 bits per heavy atom. The van der Waals surface area contributed by atoms with Crippen LogP contribution in [0, 0.1) is 17.3 Å². The molecule has 1 saturated carbocycles. The number of fused-ring (bicyclic) bond motifs is 3. The molecule has 35 heavy (non-hydrogen) atoms. The van der Waals surface area contributed by atoms with E-state index in [-0.39, 0.29) is 22.3 Å². The minimum absolute atomic E-state index is 0.0899. The fourth-order valence-corrected chi connectivity index (χ4v) is 5.58. The number of ketones is 2. The van der Waals surface area contributed by atoms with Gasteiger partial charge in [0, 0.05) is 23.8 Å². The number of aliphatic hydroxyl groups excluding tert-OH is 3. The Morgan fingerprint density at radius 2 is 1.83 bits per heavy atom.